The van der Waals surface area contributed by atoms with Gasteiger partial charge in [0.05, 0.1) is 15.9 Å². The summed E-state index contributed by atoms with van der Waals surface area (Å²) >= 11 is 0. The average molecular weight is 280 g/mol. The molecule has 8 heteroatoms. The molecule has 1 heterocycles. The molecule has 0 saturated carbocycles. The van der Waals surface area contributed by atoms with E-state index >= 15 is 0 Å². The van der Waals surface area contributed by atoms with Gasteiger partial charge in [0.1, 0.15) is 0 Å². The normalized spacial score (nSPS) is 19.8. The molecule has 1 N–H and O–H groups in total. The summed E-state index contributed by atoms with van der Waals surface area (Å²) in [6, 6.07) is 4.15. The van der Waals surface area contributed by atoms with Crippen LogP contribution in [-0.4, -0.2) is 40.4 Å². The lowest BCUT2D eigenvalue weighted by molar-refractivity contribution is -0.394. The molecule has 0 spiro atoms. The number of nitrogens with zero attached hydrogens (tertiary/aromatic N) is 3. The Morgan fingerprint density at radius 2 is 2.10 bits per heavy atom. The van der Waals surface area contributed by atoms with Gasteiger partial charge in [-0.15, -0.1) is 0 Å². The van der Waals surface area contributed by atoms with Crippen LogP contribution in [0.2, 0.25) is 0 Å². The van der Waals surface area contributed by atoms with Crippen molar-refractivity contribution in [3.05, 3.63) is 44.0 Å². The number of hydrogen-bond acceptors (Lipinski definition) is 6. The molecule has 8 nitrogen and oxygen atoms in total. The van der Waals surface area contributed by atoms with Crippen LogP contribution in [0.5, 0.6) is 0 Å². The molecule has 0 amide bonds. The zero-order valence-electron chi connectivity index (χ0n) is 11.1. The number of non-ortho nitro benzene ring substituents is 1. The van der Waals surface area contributed by atoms with E-state index in [2.05, 4.69) is 17.1 Å². The predicted octanol–water partition coefficient (Wildman–Crippen LogP) is 1.30. The Balaban J connectivity index is 2.22. The van der Waals surface area contributed by atoms with Gasteiger partial charge in [0.25, 0.3) is 11.4 Å². The lowest BCUT2D eigenvalue weighted by Crippen LogP contribution is -2.48. The van der Waals surface area contributed by atoms with Gasteiger partial charge in [-0.05, 0) is 13.0 Å². The molecule has 108 valence electrons. The molecule has 0 radical (unpaired) electrons. The van der Waals surface area contributed by atoms with Gasteiger partial charge in [-0.2, -0.15) is 0 Å². The minimum Gasteiger partial charge on any atom is -0.312 e. The third-order valence-electron chi connectivity index (χ3n) is 3.32. The highest BCUT2D eigenvalue weighted by Crippen LogP contribution is 2.26. The standard InChI is InChI=1S/C12H16N4O4/c1-9-7-14(5-4-13-9)8-10-2-3-11(15(17)18)6-12(10)16(19)20/h2-3,6,9,13H,4-5,7-8H2,1H3/t9-/m1/s1. The zero-order chi connectivity index (χ0) is 14.7. The summed E-state index contributed by atoms with van der Waals surface area (Å²) in [4.78, 5) is 22.7. The summed E-state index contributed by atoms with van der Waals surface area (Å²) in [5, 5.41) is 25.0. The molecule has 1 aromatic carbocycles. The Hall–Kier alpha value is -2.06. The van der Waals surface area contributed by atoms with Crippen molar-refractivity contribution >= 4 is 11.4 Å². The van der Waals surface area contributed by atoms with E-state index < -0.39 is 9.85 Å². The maximum atomic E-state index is 11.1. The molecule has 20 heavy (non-hydrogen) atoms. The molecular weight excluding hydrogens is 264 g/mol. The highest BCUT2D eigenvalue weighted by atomic mass is 16.6. The van der Waals surface area contributed by atoms with Gasteiger partial charge in [-0.3, -0.25) is 25.1 Å². The zero-order valence-corrected chi connectivity index (χ0v) is 11.1. The fourth-order valence-electron chi connectivity index (χ4n) is 2.37. The van der Waals surface area contributed by atoms with Gasteiger partial charge in [-0.25, -0.2) is 0 Å². The van der Waals surface area contributed by atoms with Crippen LogP contribution in [0.15, 0.2) is 18.2 Å². The second-order valence-corrected chi connectivity index (χ2v) is 4.92. The van der Waals surface area contributed by atoms with Crippen molar-refractivity contribution in [3.63, 3.8) is 0 Å². The fraction of sp³-hybridized carbons (Fsp3) is 0.500. The topological polar surface area (TPSA) is 102 Å². The van der Waals surface area contributed by atoms with Crippen LogP contribution >= 0.6 is 0 Å². The van der Waals surface area contributed by atoms with E-state index in [1.54, 1.807) is 0 Å². The van der Waals surface area contributed by atoms with Gasteiger partial charge in [0, 0.05) is 43.9 Å². The third-order valence-corrected chi connectivity index (χ3v) is 3.32. The van der Waals surface area contributed by atoms with E-state index in [-0.39, 0.29) is 11.4 Å². The van der Waals surface area contributed by atoms with Crippen molar-refractivity contribution in [3.8, 4) is 0 Å². The summed E-state index contributed by atoms with van der Waals surface area (Å²) in [5.74, 6) is 0. The summed E-state index contributed by atoms with van der Waals surface area (Å²) in [5.41, 5.74) is 0.0641. The highest BCUT2D eigenvalue weighted by Gasteiger charge is 2.23. The lowest BCUT2D eigenvalue weighted by atomic mass is 10.1. The molecule has 1 atom stereocenters. The van der Waals surface area contributed by atoms with Gasteiger partial charge in [0.15, 0.2) is 0 Å². The van der Waals surface area contributed by atoms with Crippen LogP contribution in [0, 0.1) is 20.2 Å². The first-order valence-electron chi connectivity index (χ1n) is 6.35. The van der Waals surface area contributed by atoms with Crippen molar-refractivity contribution < 1.29 is 9.85 Å². The number of nitro benzene ring substituents is 2. The maximum Gasteiger partial charge on any atom is 0.280 e. The minimum absolute atomic E-state index is 0.189. The van der Waals surface area contributed by atoms with Crippen molar-refractivity contribution in [1.29, 1.82) is 0 Å². The Kier molecular flexibility index (Phi) is 4.26. The second kappa shape index (κ2) is 5.93. The van der Waals surface area contributed by atoms with Crippen LogP contribution in [0.1, 0.15) is 12.5 Å². The molecule has 0 aromatic heterocycles. The van der Waals surface area contributed by atoms with Crippen LogP contribution in [0.3, 0.4) is 0 Å². The number of piperazine rings is 1. The smallest absolute Gasteiger partial charge is 0.280 e. The van der Waals surface area contributed by atoms with Crippen molar-refractivity contribution in [2.45, 2.75) is 19.5 Å². The molecule has 1 fully saturated rings. The number of nitrogens with one attached hydrogen (secondary N) is 1. The van der Waals surface area contributed by atoms with Gasteiger partial charge in [0.2, 0.25) is 0 Å². The largest absolute Gasteiger partial charge is 0.312 e. The first kappa shape index (κ1) is 14.4. The Morgan fingerprint density at radius 1 is 1.35 bits per heavy atom. The Labute approximate surface area is 115 Å². The number of benzene rings is 1. The summed E-state index contributed by atoms with van der Waals surface area (Å²) in [6.07, 6.45) is 0. The van der Waals surface area contributed by atoms with E-state index in [0.717, 1.165) is 25.7 Å². The molecule has 1 aliphatic rings. The second-order valence-electron chi connectivity index (χ2n) is 4.92. The first-order chi connectivity index (χ1) is 9.47. The van der Waals surface area contributed by atoms with Gasteiger partial charge >= 0.3 is 0 Å². The lowest BCUT2D eigenvalue weighted by Gasteiger charge is -2.31. The molecule has 1 aliphatic heterocycles. The van der Waals surface area contributed by atoms with E-state index in [1.165, 1.54) is 12.1 Å². The Bertz CT molecular complexity index is 534. The van der Waals surface area contributed by atoms with Crippen LogP contribution in [-0.2, 0) is 6.54 Å². The fourth-order valence-corrected chi connectivity index (χ4v) is 2.37. The number of hydrogen-bond donors (Lipinski definition) is 1. The van der Waals surface area contributed by atoms with Crippen LogP contribution < -0.4 is 5.32 Å². The maximum absolute atomic E-state index is 11.1. The monoisotopic (exact) mass is 280 g/mol. The van der Waals surface area contributed by atoms with Crippen molar-refractivity contribution in [2.75, 3.05) is 19.6 Å². The summed E-state index contributed by atoms with van der Waals surface area (Å²) < 4.78 is 0. The van der Waals surface area contributed by atoms with Crippen molar-refractivity contribution in [2.24, 2.45) is 0 Å². The molecule has 0 aliphatic carbocycles. The van der Waals surface area contributed by atoms with Crippen molar-refractivity contribution in [1.82, 2.24) is 10.2 Å². The van der Waals surface area contributed by atoms with E-state index in [9.17, 15) is 20.2 Å². The molecule has 1 aromatic rings. The molecular formula is C12H16N4O4. The van der Waals surface area contributed by atoms with Crippen LogP contribution in [0.4, 0.5) is 11.4 Å². The van der Waals surface area contributed by atoms with Gasteiger partial charge < -0.3 is 5.32 Å². The molecule has 2 rings (SSSR count). The third kappa shape index (κ3) is 3.28. The summed E-state index contributed by atoms with van der Waals surface area (Å²) in [6.45, 7) is 4.92. The predicted molar refractivity (Wildman–Crippen MR) is 72.5 cm³/mol. The number of rotatable bonds is 4. The summed E-state index contributed by atoms with van der Waals surface area (Å²) in [7, 11) is 0. The average Bonchev–Trinajstić information content (AvgIpc) is 2.38. The van der Waals surface area contributed by atoms with Gasteiger partial charge in [-0.1, -0.05) is 0 Å². The molecule has 0 bridgehead atoms. The van der Waals surface area contributed by atoms with E-state index in [4.69, 9.17) is 0 Å². The highest BCUT2D eigenvalue weighted by molar-refractivity contribution is 5.49. The Morgan fingerprint density at radius 3 is 2.70 bits per heavy atom. The quantitative estimate of drug-likeness (QED) is 0.658. The first-order valence-corrected chi connectivity index (χ1v) is 6.35. The number of nitro groups is 2. The van der Waals surface area contributed by atoms with Crippen LogP contribution in [0.25, 0.3) is 0 Å². The van der Waals surface area contributed by atoms with E-state index in [1.807, 2.05) is 0 Å². The van der Waals surface area contributed by atoms with E-state index in [0.29, 0.717) is 18.2 Å². The molecule has 1 saturated heterocycles. The SMILES string of the molecule is C[C@@H]1CN(Cc2ccc([N+](=O)[O-])cc2[N+](=O)[O-])CCN1. The minimum atomic E-state index is -0.621. The molecule has 0 unspecified atom stereocenters.